The predicted octanol–water partition coefficient (Wildman–Crippen LogP) is 3.66. The molecule has 1 amide bonds. The molecule has 1 aromatic heterocycles. The molecular weight excluding hydrogens is 356 g/mol. The monoisotopic (exact) mass is 382 g/mol. The van der Waals surface area contributed by atoms with E-state index in [0.29, 0.717) is 31.3 Å². The molecule has 0 aliphatic carbocycles. The van der Waals surface area contributed by atoms with Gasteiger partial charge in [0, 0.05) is 6.54 Å². The van der Waals surface area contributed by atoms with Gasteiger partial charge >= 0.3 is 6.09 Å². The number of carbonyl (C=O) groups excluding carboxylic acids is 1. The highest BCUT2D eigenvalue weighted by molar-refractivity contribution is 5.74. The van der Waals surface area contributed by atoms with Crippen LogP contribution in [0.1, 0.15) is 38.4 Å². The Hall–Kier alpha value is -3.09. The lowest BCUT2D eigenvalue weighted by atomic mass is 10.1. The number of amides is 1. The van der Waals surface area contributed by atoms with E-state index in [1.807, 2.05) is 51.1 Å². The largest absolute Gasteiger partial charge is 0.470 e. The second-order valence-electron chi connectivity index (χ2n) is 7.64. The standard InChI is InChI=1S/C21H26N4O3/c1-21(2,3)28-20(26)25-11-7-10-16(13-25)17-12-23-19(18(22)24-17)27-14-15-8-5-4-6-9-15/h4-6,8-10,12H,7,11,13-14H2,1-3H3,(H2,22,24). The van der Waals surface area contributed by atoms with Crippen LogP contribution in [0, 0.1) is 0 Å². The van der Waals surface area contributed by atoms with Gasteiger partial charge in [0.05, 0.1) is 18.4 Å². The number of nitrogens with zero attached hydrogens (tertiary/aromatic N) is 3. The number of nitrogens with two attached hydrogens (primary N) is 1. The van der Waals surface area contributed by atoms with E-state index in [0.717, 1.165) is 17.6 Å². The van der Waals surface area contributed by atoms with E-state index < -0.39 is 5.60 Å². The molecular formula is C21H26N4O3. The molecule has 7 heteroatoms. The Morgan fingerprint density at radius 2 is 2.00 bits per heavy atom. The number of ether oxygens (including phenoxy) is 2. The van der Waals surface area contributed by atoms with Gasteiger partial charge in [-0.2, -0.15) is 0 Å². The van der Waals surface area contributed by atoms with Crippen molar-refractivity contribution in [3.8, 4) is 5.88 Å². The van der Waals surface area contributed by atoms with Gasteiger partial charge in [-0.15, -0.1) is 0 Å². The first kappa shape index (κ1) is 19.7. The zero-order chi connectivity index (χ0) is 20.1. The molecule has 0 saturated carbocycles. The summed E-state index contributed by atoms with van der Waals surface area (Å²) in [6.07, 6.45) is 4.07. The van der Waals surface area contributed by atoms with Crippen LogP contribution in [0.25, 0.3) is 5.57 Å². The van der Waals surface area contributed by atoms with E-state index in [1.165, 1.54) is 0 Å². The third-order valence-electron chi connectivity index (χ3n) is 4.11. The van der Waals surface area contributed by atoms with E-state index in [9.17, 15) is 4.79 Å². The zero-order valence-electron chi connectivity index (χ0n) is 16.5. The highest BCUT2D eigenvalue weighted by atomic mass is 16.6. The van der Waals surface area contributed by atoms with Crippen LogP contribution in [0.15, 0.2) is 42.6 Å². The number of hydrogen-bond donors (Lipinski definition) is 1. The first-order chi connectivity index (χ1) is 13.3. The molecule has 0 unspecified atom stereocenters. The summed E-state index contributed by atoms with van der Waals surface area (Å²) < 4.78 is 11.1. The summed E-state index contributed by atoms with van der Waals surface area (Å²) in [6, 6.07) is 9.78. The summed E-state index contributed by atoms with van der Waals surface area (Å²) >= 11 is 0. The number of nitrogen functional groups attached to an aromatic ring is 1. The van der Waals surface area contributed by atoms with Crippen molar-refractivity contribution < 1.29 is 14.3 Å². The highest BCUT2D eigenvalue weighted by Gasteiger charge is 2.25. The van der Waals surface area contributed by atoms with Crippen molar-refractivity contribution in [3.63, 3.8) is 0 Å². The van der Waals surface area contributed by atoms with E-state index in [4.69, 9.17) is 15.2 Å². The first-order valence-corrected chi connectivity index (χ1v) is 9.28. The quantitative estimate of drug-likeness (QED) is 0.868. The molecule has 28 heavy (non-hydrogen) atoms. The minimum absolute atomic E-state index is 0.226. The summed E-state index contributed by atoms with van der Waals surface area (Å²) in [5.41, 5.74) is 8.07. The van der Waals surface area contributed by atoms with E-state index >= 15 is 0 Å². The second-order valence-corrected chi connectivity index (χ2v) is 7.64. The van der Waals surface area contributed by atoms with Crippen LogP contribution < -0.4 is 10.5 Å². The lowest BCUT2D eigenvalue weighted by Gasteiger charge is -2.30. The van der Waals surface area contributed by atoms with Crippen molar-refractivity contribution in [3.05, 3.63) is 53.9 Å². The average molecular weight is 382 g/mol. The molecule has 0 fully saturated rings. The molecule has 7 nitrogen and oxygen atoms in total. The number of hydrogen-bond acceptors (Lipinski definition) is 6. The average Bonchev–Trinajstić information content (AvgIpc) is 2.66. The van der Waals surface area contributed by atoms with E-state index in [-0.39, 0.29) is 11.9 Å². The maximum absolute atomic E-state index is 12.3. The SMILES string of the molecule is CC(C)(C)OC(=O)N1CCC=C(c2cnc(OCc3ccccc3)c(N)n2)C1. The van der Waals surface area contributed by atoms with Crippen LogP contribution in [-0.4, -0.2) is 39.7 Å². The maximum Gasteiger partial charge on any atom is 0.410 e. The molecule has 1 aromatic carbocycles. The molecule has 0 spiro atoms. The molecule has 0 bridgehead atoms. The van der Waals surface area contributed by atoms with Crippen molar-refractivity contribution in [1.82, 2.24) is 14.9 Å². The minimum Gasteiger partial charge on any atom is -0.470 e. The molecule has 0 saturated heterocycles. The van der Waals surface area contributed by atoms with Crippen LogP contribution in [0.4, 0.5) is 10.6 Å². The first-order valence-electron chi connectivity index (χ1n) is 9.28. The van der Waals surface area contributed by atoms with Crippen molar-refractivity contribution in [2.45, 2.75) is 39.4 Å². The van der Waals surface area contributed by atoms with Crippen molar-refractivity contribution in [2.75, 3.05) is 18.8 Å². The zero-order valence-corrected chi connectivity index (χ0v) is 16.5. The Balaban J connectivity index is 1.66. The van der Waals surface area contributed by atoms with Crippen molar-refractivity contribution in [1.29, 1.82) is 0 Å². The number of anilines is 1. The molecule has 0 atom stereocenters. The summed E-state index contributed by atoms with van der Waals surface area (Å²) in [5.74, 6) is 0.525. The summed E-state index contributed by atoms with van der Waals surface area (Å²) in [6.45, 7) is 6.95. The van der Waals surface area contributed by atoms with Crippen LogP contribution in [0.5, 0.6) is 5.88 Å². The van der Waals surface area contributed by atoms with Crippen LogP contribution >= 0.6 is 0 Å². The third kappa shape index (κ3) is 5.22. The molecule has 2 aromatic rings. The summed E-state index contributed by atoms with van der Waals surface area (Å²) in [4.78, 5) is 22.7. The third-order valence-corrected chi connectivity index (χ3v) is 4.11. The Labute approximate surface area is 165 Å². The number of aromatic nitrogens is 2. The fourth-order valence-electron chi connectivity index (χ4n) is 2.80. The number of carbonyl (C=O) groups is 1. The fraction of sp³-hybridized carbons (Fsp3) is 0.381. The Kier molecular flexibility index (Phi) is 5.82. The smallest absolute Gasteiger partial charge is 0.410 e. The maximum atomic E-state index is 12.3. The lowest BCUT2D eigenvalue weighted by molar-refractivity contribution is 0.0273. The van der Waals surface area contributed by atoms with Gasteiger partial charge in [0.15, 0.2) is 5.82 Å². The minimum atomic E-state index is -0.527. The van der Waals surface area contributed by atoms with E-state index in [2.05, 4.69) is 16.0 Å². The molecule has 2 heterocycles. The molecule has 2 N–H and O–H groups in total. The lowest BCUT2D eigenvalue weighted by Crippen LogP contribution is -2.39. The van der Waals surface area contributed by atoms with Crippen molar-refractivity contribution in [2.24, 2.45) is 0 Å². The fourth-order valence-corrected chi connectivity index (χ4v) is 2.80. The van der Waals surface area contributed by atoms with Gasteiger partial charge in [-0.05, 0) is 38.3 Å². The molecule has 3 rings (SSSR count). The Morgan fingerprint density at radius 1 is 1.25 bits per heavy atom. The van der Waals surface area contributed by atoms with Crippen LogP contribution in [-0.2, 0) is 11.3 Å². The second kappa shape index (κ2) is 8.29. The topological polar surface area (TPSA) is 90.6 Å². The van der Waals surface area contributed by atoms with Gasteiger partial charge in [-0.25, -0.2) is 14.8 Å². The van der Waals surface area contributed by atoms with Gasteiger partial charge < -0.3 is 20.1 Å². The number of benzene rings is 1. The Bertz CT molecular complexity index is 860. The van der Waals surface area contributed by atoms with Crippen molar-refractivity contribution >= 4 is 17.5 Å². The van der Waals surface area contributed by atoms with Gasteiger partial charge in [-0.3, -0.25) is 0 Å². The molecule has 0 radical (unpaired) electrons. The molecule has 148 valence electrons. The molecule has 1 aliphatic heterocycles. The predicted molar refractivity (Wildman–Crippen MR) is 108 cm³/mol. The summed E-state index contributed by atoms with van der Waals surface area (Å²) in [7, 11) is 0. The van der Waals surface area contributed by atoms with E-state index in [1.54, 1.807) is 11.1 Å². The highest BCUT2D eigenvalue weighted by Crippen LogP contribution is 2.24. The van der Waals surface area contributed by atoms with Crippen LogP contribution in [0.3, 0.4) is 0 Å². The van der Waals surface area contributed by atoms with Gasteiger partial charge in [0.1, 0.15) is 12.2 Å². The number of rotatable bonds is 4. The Morgan fingerprint density at radius 3 is 2.68 bits per heavy atom. The summed E-state index contributed by atoms with van der Waals surface area (Å²) in [5, 5.41) is 0. The van der Waals surface area contributed by atoms with Crippen LogP contribution in [0.2, 0.25) is 0 Å². The normalized spacial score (nSPS) is 14.4. The van der Waals surface area contributed by atoms with Gasteiger partial charge in [0.25, 0.3) is 5.88 Å². The van der Waals surface area contributed by atoms with Gasteiger partial charge in [0.2, 0.25) is 0 Å². The molecule has 1 aliphatic rings. The van der Waals surface area contributed by atoms with Gasteiger partial charge in [-0.1, -0.05) is 36.4 Å².